The van der Waals surface area contributed by atoms with Crippen molar-refractivity contribution in [3.63, 3.8) is 0 Å². The van der Waals surface area contributed by atoms with Gasteiger partial charge in [-0.1, -0.05) is 17.2 Å². The van der Waals surface area contributed by atoms with Gasteiger partial charge in [0.25, 0.3) is 11.8 Å². The van der Waals surface area contributed by atoms with Gasteiger partial charge in [-0.3, -0.25) is 9.59 Å². The van der Waals surface area contributed by atoms with Gasteiger partial charge in [-0.25, -0.2) is 4.79 Å². The molecule has 0 fully saturated rings. The average Bonchev–Trinajstić information content (AvgIpc) is 2.64. The number of amides is 2. The molecule has 5 nitrogen and oxygen atoms in total. The summed E-state index contributed by atoms with van der Waals surface area (Å²) in [5.41, 5.74) is -0.254. The Labute approximate surface area is 121 Å². The number of carbonyl (C=O) groups excluding carboxylic acids is 3. The van der Waals surface area contributed by atoms with Gasteiger partial charge >= 0.3 is 5.97 Å². The third kappa shape index (κ3) is 2.43. The summed E-state index contributed by atoms with van der Waals surface area (Å²) >= 11 is 1.49. The van der Waals surface area contributed by atoms with Crippen molar-refractivity contribution in [3.8, 4) is 0 Å². The first kappa shape index (κ1) is 14.6. The molecular formula is C14H15NO4S. The quantitative estimate of drug-likeness (QED) is 0.796. The molecule has 6 heteroatoms. The number of thioether (sulfide) groups is 1. The third-order valence-electron chi connectivity index (χ3n) is 2.99. The number of nitrogens with zero attached hydrogens (tertiary/aromatic N) is 1. The van der Waals surface area contributed by atoms with E-state index in [-0.39, 0.29) is 11.1 Å². The lowest BCUT2D eigenvalue weighted by atomic mass is 9.97. The van der Waals surface area contributed by atoms with Crippen molar-refractivity contribution in [1.82, 2.24) is 5.06 Å². The maximum absolute atomic E-state index is 12.1. The zero-order valence-corrected chi connectivity index (χ0v) is 12.3. The molecule has 1 aliphatic rings. The molecule has 1 heterocycles. The van der Waals surface area contributed by atoms with E-state index in [1.807, 2.05) is 6.26 Å². The number of carbonyl (C=O) groups is 3. The molecule has 0 saturated heterocycles. The second-order valence-electron chi connectivity index (χ2n) is 5.15. The van der Waals surface area contributed by atoms with Crippen LogP contribution in [0.2, 0.25) is 0 Å². The fourth-order valence-electron chi connectivity index (χ4n) is 1.88. The normalized spacial score (nSPS) is 14.4. The van der Waals surface area contributed by atoms with Gasteiger partial charge in [0, 0.05) is 5.75 Å². The fourth-order valence-corrected chi connectivity index (χ4v) is 2.72. The molecule has 0 bridgehead atoms. The molecule has 0 unspecified atom stereocenters. The first-order chi connectivity index (χ1) is 9.38. The molecule has 0 aromatic heterocycles. The SMILES string of the molecule is CSCC(C)(C)C(=O)ON1C(=O)c2ccccc2C1=O. The molecule has 20 heavy (non-hydrogen) atoms. The molecule has 2 amide bonds. The van der Waals surface area contributed by atoms with Crippen LogP contribution in [0.1, 0.15) is 34.6 Å². The number of benzene rings is 1. The molecule has 1 aromatic rings. The van der Waals surface area contributed by atoms with Crippen LogP contribution in [0.15, 0.2) is 24.3 Å². The highest BCUT2D eigenvalue weighted by molar-refractivity contribution is 7.98. The van der Waals surface area contributed by atoms with E-state index >= 15 is 0 Å². The van der Waals surface area contributed by atoms with Gasteiger partial charge in [0.1, 0.15) is 0 Å². The molecule has 0 atom stereocenters. The molecule has 0 radical (unpaired) electrons. The van der Waals surface area contributed by atoms with E-state index in [0.29, 0.717) is 10.8 Å². The van der Waals surface area contributed by atoms with Crippen molar-refractivity contribution >= 4 is 29.5 Å². The van der Waals surface area contributed by atoms with Crippen LogP contribution in [0.4, 0.5) is 0 Å². The summed E-state index contributed by atoms with van der Waals surface area (Å²) in [6.07, 6.45) is 1.87. The van der Waals surface area contributed by atoms with E-state index in [4.69, 9.17) is 4.84 Å². The molecular weight excluding hydrogens is 278 g/mol. The van der Waals surface area contributed by atoms with Crippen LogP contribution < -0.4 is 0 Å². The van der Waals surface area contributed by atoms with E-state index in [0.717, 1.165) is 0 Å². The van der Waals surface area contributed by atoms with E-state index in [1.165, 1.54) is 23.9 Å². The maximum atomic E-state index is 12.1. The van der Waals surface area contributed by atoms with Crippen molar-refractivity contribution in [3.05, 3.63) is 35.4 Å². The Morgan fingerprint density at radius 3 is 2.15 bits per heavy atom. The van der Waals surface area contributed by atoms with Crippen molar-refractivity contribution in [2.75, 3.05) is 12.0 Å². The van der Waals surface area contributed by atoms with Crippen molar-refractivity contribution in [2.45, 2.75) is 13.8 Å². The minimum atomic E-state index is -0.769. The van der Waals surface area contributed by atoms with E-state index in [9.17, 15) is 14.4 Å². The number of hydroxylamine groups is 2. The largest absolute Gasteiger partial charge is 0.339 e. The van der Waals surface area contributed by atoms with Gasteiger partial charge < -0.3 is 4.84 Å². The van der Waals surface area contributed by atoms with Gasteiger partial charge in [0.15, 0.2) is 0 Å². The summed E-state index contributed by atoms with van der Waals surface area (Å²) in [7, 11) is 0. The van der Waals surface area contributed by atoms with E-state index in [1.54, 1.807) is 26.0 Å². The van der Waals surface area contributed by atoms with E-state index < -0.39 is 23.2 Å². The highest BCUT2D eigenvalue weighted by atomic mass is 32.2. The maximum Gasteiger partial charge on any atom is 0.339 e. The predicted octanol–water partition coefficient (Wildman–Crippen LogP) is 2.13. The number of fused-ring (bicyclic) bond motifs is 1. The summed E-state index contributed by atoms with van der Waals surface area (Å²) in [5.74, 6) is -1.26. The van der Waals surface area contributed by atoms with Gasteiger partial charge in [0.2, 0.25) is 0 Å². The molecule has 2 rings (SSSR count). The van der Waals surface area contributed by atoms with Crippen molar-refractivity contribution in [1.29, 1.82) is 0 Å². The zero-order chi connectivity index (χ0) is 14.9. The number of hydrogen-bond donors (Lipinski definition) is 0. The van der Waals surface area contributed by atoms with Crippen molar-refractivity contribution < 1.29 is 19.2 Å². The number of rotatable bonds is 4. The van der Waals surface area contributed by atoms with Crippen LogP contribution in [-0.2, 0) is 9.63 Å². The summed E-state index contributed by atoms with van der Waals surface area (Å²) in [5, 5.41) is 0.551. The van der Waals surface area contributed by atoms with Crippen LogP contribution in [0, 0.1) is 5.41 Å². The summed E-state index contributed by atoms with van der Waals surface area (Å²) in [6.45, 7) is 3.42. The zero-order valence-electron chi connectivity index (χ0n) is 11.5. The van der Waals surface area contributed by atoms with E-state index in [2.05, 4.69) is 0 Å². The predicted molar refractivity (Wildman–Crippen MR) is 75.2 cm³/mol. The molecule has 0 spiro atoms. The Hall–Kier alpha value is -1.82. The summed E-state index contributed by atoms with van der Waals surface area (Å²) in [6, 6.07) is 6.40. The Balaban J connectivity index is 2.19. The smallest absolute Gasteiger partial charge is 0.329 e. The van der Waals surface area contributed by atoms with Crippen LogP contribution in [0.25, 0.3) is 0 Å². The number of hydrogen-bond acceptors (Lipinski definition) is 5. The highest BCUT2D eigenvalue weighted by Gasteiger charge is 2.41. The first-order valence-electron chi connectivity index (χ1n) is 6.07. The second kappa shape index (κ2) is 5.28. The number of imide groups is 1. The lowest BCUT2D eigenvalue weighted by Crippen LogP contribution is -2.39. The Morgan fingerprint density at radius 2 is 1.70 bits per heavy atom. The lowest BCUT2D eigenvalue weighted by molar-refractivity contribution is -0.178. The minimum absolute atomic E-state index is 0.257. The third-order valence-corrected chi connectivity index (χ3v) is 4.00. The highest BCUT2D eigenvalue weighted by Crippen LogP contribution is 2.27. The molecule has 0 saturated carbocycles. The standard InChI is InChI=1S/C14H15NO4S/c1-14(2,8-20-3)13(18)19-15-11(16)9-6-4-5-7-10(9)12(15)17/h4-7H,8H2,1-3H3. The van der Waals surface area contributed by atoms with Gasteiger partial charge in [-0.15, -0.1) is 0 Å². The molecule has 106 valence electrons. The van der Waals surface area contributed by atoms with Crippen LogP contribution >= 0.6 is 11.8 Å². The van der Waals surface area contributed by atoms with Gasteiger partial charge in [-0.05, 0) is 32.2 Å². The van der Waals surface area contributed by atoms with Gasteiger partial charge in [-0.2, -0.15) is 11.8 Å². The lowest BCUT2D eigenvalue weighted by Gasteiger charge is -2.23. The van der Waals surface area contributed by atoms with Crippen LogP contribution in [0.3, 0.4) is 0 Å². The average molecular weight is 293 g/mol. The minimum Gasteiger partial charge on any atom is -0.329 e. The summed E-state index contributed by atoms with van der Waals surface area (Å²) < 4.78 is 0. The monoisotopic (exact) mass is 293 g/mol. The molecule has 1 aromatic carbocycles. The second-order valence-corrected chi connectivity index (χ2v) is 6.01. The van der Waals surface area contributed by atoms with Gasteiger partial charge in [0.05, 0.1) is 16.5 Å². The Morgan fingerprint density at radius 1 is 1.20 bits per heavy atom. The van der Waals surface area contributed by atoms with Crippen LogP contribution in [-0.4, -0.2) is 34.9 Å². The Bertz CT molecular complexity index is 547. The molecule has 0 N–H and O–H groups in total. The van der Waals surface area contributed by atoms with Crippen molar-refractivity contribution in [2.24, 2.45) is 5.41 Å². The molecule has 1 aliphatic heterocycles. The van der Waals surface area contributed by atoms with Crippen LogP contribution in [0.5, 0.6) is 0 Å². The molecule has 0 aliphatic carbocycles. The Kier molecular flexibility index (Phi) is 3.85. The fraction of sp³-hybridized carbons (Fsp3) is 0.357. The summed E-state index contributed by atoms with van der Waals surface area (Å²) in [4.78, 5) is 41.2. The first-order valence-corrected chi connectivity index (χ1v) is 7.47. The topological polar surface area (TPSA) is 63.7 Å².